The van der Waals surface area contributed by atoms with Gasteiger partial charge in [-0.25, -0.2) is 0 Å². The molecule has 1 rings (SSSR count). The van der Waals surface area contributed by atoms with Gasteiger partial charge in [0.05, 0.1) is 12.0 Å². The second-order valence-corrected chi connectivity index (χ2v) is 4.98. The van der Waals surface area contributed by atoms with Gasteiger partial charge in [-0.1, -0.05) is 13.8 Å². The summed E-state index contributed by atoms with van der Waals surface area (Å²) < 4.78 is 0. The Labute approximate surface area is 113 Å². The minimum atomic E-state index is -0.899. The summed E-state index contributed by atoms with van der Waals surface area (Å²) in [7, 11) is 0. The lowest BCUT2D eigenvalue weighted by molar-refractivity contribution is -0.137. The lowest BCUT2D eigenvalue weighted by Crippen LogP contribution is -2.36. The number of hydrogen-bond acceptors (Lipinski definition) is 3. The summed E-state index contributed by atoms with van der Waals surface area (Å²) in [5, 5.41) is 8.73. The van der Waals surface area contributed by atoms with Gasteiger partial charge in [-0.05, 0) is 25.0 Å². The Kier molecular flexibility index (Phi) is 5.48. The van der Waals surface area contributed by atoms with E-state index in [0.29, 0.717) is 12.1 Å². The van der Waals surface area contributed by atoms with E-state index in [9.17, 15) is 9.59 Å². The number of hydrogen-bond donors (Lipinski definition) is 1. The van der Waals surface area contributed by atoms with Crippen LogP contribution in [0.5, 0.6) is 0 Å². The van der Waals surface area contributed by atoms with Crippen molar-refractivity contribution in [1.29, 1.82) is 0 Å². The standard InChI is InChI=1S/C14H20N2O3/c1-10(2)9-16(7-6-13(17)18)14(19)12-5-4-11(3)15-8-12/h4-5,8,10H,6-7,9H2,1-3H3,(H,17,18). The van der Waals surface area contributed by atoms with Crippen LogP contribution >= 0.6 is 0 Å². The average molecular weight is 264 g/mol. The topological polar surface area (TPSA) is 70.5 Å². The fourth-order valence-corrected chi connectivity index (χ4v) is 1.72. The number of carboxylic acids is 1. The van der Waals surface area contributed by atoms with Crippen LogP contribution in [0.25, 0.3) is 0 Å². The lowest BCUT2D eigenvalue weighted by atomic mass is 10.1. The maximum Gasteiger partial charge on any atom is 0.305 e. The van der Waals surface area contributed by atoms with Crippen LogP contribution in [0.4, 0.5) is 0 Å². The number of nitrogens with zero attached hydrogens (tertiary/aromatic N) is 2. The Morgan fingerprint density at radius 1 is 1.37 bits per heavy atom. The predicted octanol–water partition coefficient (Wildman–Crippen LogP) is 1.96. The van der Waals surface area contributed by atoms with Gasteiger partial charge in [0.15, 0.2) is 0 Å². The van der Waals surface area contributed by atoms with Crippen LogP contribution in [0.3, 0.4) is 0 Å². The zero-order chi connectivity index (χ0) is 14.4. The number of carbonyl (C=O) groups is 2. The molecule has 0 spiro atoms. The van der Waals surface area contributed by atoms with Gasteiger partial charge in [-0.2, -0.15) is 0 Å². The molecule has 104 valence electrons. The maximum absolute atomic E-state index is 12.3. The van der Waals surface area contributed by atoms with E-state index >= 15 is 0 Å². The first kappa shape index (κ1) is 15.1. The molecule has 0 atom stereocenters. The number of carboxylic acid groups (broad SMARTS) is 1. The molecule has 5 nitrogen and oxygen atoms in total. The fourth-order valence-electron chi connectivity index (χ4n) is 1.72. The Morgan fingerprint density at radius 3 is 2.53 bits per heavy atom. The van der Waals surface area contributed by atoms with Gasteiger partial charge in [0.25, 0.3) is 5.91 Å². The molecule has 0 bridgehead atoms. The summed E-state index contributed by atoms with van der Waals surface area (Å²) >= 11 is 0. The molecule has 0 aromatic carbocycles. The number of aliphatic carboxylic acids is 1. The minimum absolute atomic E-state index is 0.0439. The van der Waals surface area contributed by atoms with E-state index in [1.54, 1.807) is 17.0 Å². The summed E-state index contributed by atoms with van der Waals surface area (Å²) in [5.41, 5.74) is 1.34. The molecule has 1 aromatic rings. The number of aromatic nitrogens is 1. The molecule has 0 saturated carbocycles. The van der Waals surface area contributed by atoms with Crippen LogP contribution in [-0.4, -0.2) is 40.0 Å². The summed E-state index contributed by atoms with van der Waals surface area (Å²) in [6.07, 6.45) is 1.49. The first-order valence-electron chi connectivity index (χ1n) is 6.34. The third kappa shape index (κ3) is 5.07. The van der Waals surface area contributed by atoms with Crippen LogP contribution < -0.4 is 0 Å². The second kappa shape index (κ2) is 6.87. The number of rotatable bonds is 6. The SMILES string of the molecule is Cc1ccc(C(=O)N(CCC(=O)O)CC(C)C)cn1. The Bertz CT molecular complexity index is 441. The van der Waals surface area contributed by atoms with Crippen molar-refractivity contribution >= 4 is 11.9 Å². The quantitative estimate of drug-likeness (QED) is 0.852. The van der Waals surface area contributed by atoms with Gasteiger partial charge in [0.2, 0.25) is 0 Å². The average Bonchev–Trinajstić information content (AvgIpc) is 2.34. The van der Waals surface area contributed by atoms with Crippen LogP contribution in [-0.2, 0) is 4.79 Å². The summed E-state index contributed by atoms with van der Waals surface area (Å²) in [4.78, 5) is 28.6. The van der Waals surface area contributed by atoms with E-state index in [-0.39, 0.29) is 24.8 Å². The Balaban J connectivity index is 2.80. The van der Waals surface area contributed by atoms with Crippen molar-refractivity contribution in [2.24, 2.45) is 5.92 Å². The van der Waals surface area contributed by atoms with E-state index < -0.39 is 5.97 Å². The zero-order valence-corrected chi connectivity index (χ0v) is 11.6. The summed E-state index contributed by atoms with van der Waals surface area (Å²) in [6, 6.07) is 3.50. The van der Waals surface area contributed by atoms with Crippen molar-refractivity contribution in [1.82, 2.24) is 9.88 Å². The lowest BCUT2D eigenvalue weighted by Gasteiger charge is -2.24. The van der Waals surface area contributed by atoms with Gasteiger partial charge in [-0.3, -0.25) is 14.6 Å². The fraction of sp³-hybridized carbons (Fsp3) is 0.500. The van der Waals surface area contributed by atoms with Crippen molar-refractivity contribution in [3.8, 4) is 0 Å². The molecule has 0 aliphatic rings. The molecule has 0 fully saturated rings. The monoisotopic (exact) mass is 264 g/mol. The van der Waals surface area contributed by atoms with Gasteiger partial charge in [0.1, 0.15) is 0 Å². The van der Waals surface area contributed by atoms with Crippen molar-refractivity contribution < 1.29 is 14.7 Å². The van der Waals surface area contributed by atoms with Gasteiger partial charge < -0.3 is 10.0 Å². The highest BCUT2D eigenvalue weighted by atomic mass is 16.4. The highest BCUT2D eigenvalue weighted by molar-refractivity contribution is 5.94. The summed E-state index contributed by atoms with van der Waals surface area (Å²) in [5.74, 6) is -0.776. The highest BCUT2D eigenvalue weighted by Gasteiger charge is 2.18. The molecule has 0 aliphatic heterocycles. The summed E-state index contributed by atoms with van der Waals surface area (Å²) in [6.45, 7) is 6.60. The molecule has 1 aromatic heterocycles. The first-order valence-corrected chi connectivity index (χ1v) is 6.34. The molecule has 0 unspecified atom stereocenters. The van der Waals surface area contributed by atoms with E-state index in [2.05, 4.69) is 4.98 Å². The molecule has 5 heteroatoms. The largest absolute Gasteiger partial charge is 0.481 e. The van der Waals surface area contributed by atoms with E-state index in [1.165, 1.54) is 6.20 Å². The van der Waals surface area contributed by atoms with Crippen LogP contribution in [0.2, 0.25) is 0 Å². The third-order valence-electron chi connectivity index (χ3n) is 2.63. The maximum atomic E-state index is 12.3. The molecule has 0 saturated heterocycles. The van der Waals surface area contributed by atoms with Crippen molar-refractivity contribution in [3.63, 3.8) is 0 Å². The molecule has 1 heterocycles. The zero-order valence-electron chi connectivity index (χ0n) is 11.6. The second-order valence-electron chi connectivity index (χ2n) is 4.98. The Morgan fingerprint density at radius 2 is 2.05 bits per heavy atom. The molecular formula is C14H20N2O3. The molecule has 1 amide bonds. The van der Waals surface area contributed by atoms with Gasteiger partial charge >= 0.3 is 5.97 Å². The number of pyridine rings is 1. The highest BCUT2D eigenvalue weighted by Crippen LogP contribution is 2.08. The smallest absolute Gasteiger partial charge is 0.305 e. The van der Waals surface area contributed by atoms with Gasteiger partial charge in [-0.15, -0.1) is 0 Å². The predicted molar refractivity (Wildman–Crippen MR) is 72.0 cm³/mol. The van der Waals surface area contributed by atoms with Gasteiger partial charge in [0, 0.05) is 25.0 Å². The third-order valence-corrected chi connectivity index (χ3v) is 2.63. The molecule has 0 radical (unpaired) electrons. The first-order chi connectivity index (χ1) is 8.90. The minimum Gasteiger partial charge on any atom is -0.481 e. The van der Waals surface area contributed by atoms with E-state index in [4.69, 9.17) is 5.11 Å². The van der Waals surface area contributed by atoms with Crippen molar-refractivity contribution in [2.45, 2.75) is 27.2 Å². The van der Waals surface area contributed by atoms with Crippen molar-refractivity contribution in [3.05, 3.63) is 29.6 Å². The van der Waals surface area contributed by atoms with E-state index in [1.807, 2.05) is 20.8 Å². The van der Waals surface area contributed by atoms with Crippen LogP contribution in [0.15, 0.2) is 18.3 Å². The normalized spacial score (nSPS) is 10.5. The number of carbonyl (C=O) groups excluding carboxylic acids is 1. The van der Waals surface area contributed by atoms with Crippen LogP contribution in [0, 0.1) is 12.8 Å². The molecular weight excluding hydrogens is 244 g/mol. The van der Waals surface area contributed by atoms with Crippen molar-refractivity contribution in [2.75, 3.05) is 13.1 Å². The van der Waals surface area contributed by atoms with E-state index in [0.717, 1.165) is 5.69 Å². The number of amides is 1. The Hall–Kier alpha value is -1.91. The molecule has 1 N–H and O–H groups in total. The van der Waals surface area contributed by atoms with Crippen LogP contribution in [0.1, 0.15) is 36.3 Å². The molecule has 0 aliphatic carbocycles. The number of aryl methyl sites for hydroxylation is 1. The molecule has 19 heavy (non-hydrogen) atoms.